The molecule has 0 aliphatic rings. The number of likely N-dealkylation sites (N-methyl/N-ethyl adjacent to an activating group) is 1. The highest BCUT2D eigenvalue weighted by molar-refractivity contribution is 5.38. The normalized spacial score (nSPS) is 12.2. The predicted octanol–water partition coefficient (Wildman–Crippen LogP) is 3.82. The van der Waals surface area contributed by atoms with Gasteiger partial charge >= 0.3 is 0 Å². The van der Waals surface area contributed by atoms with Crippen LogP contribution in [0.15, 0.2) is 42.5 Å². The molecule has 2 heteroatoms. The van der Waals surface area contributed by atoms with E-state index in [1.54, 1.807) is 7.11 Å². The van der Waals surface area contributed by atoms with Crippen molar-refractivity contribution in [2.45, 2.75) is 26.3 Å². The van der Waals surface area contributed by atoms with E-state index in [9.17, 15) is 0 Å². The molecule has 0 aliphatic carbocycles. The van der Waals surface area contributed by atoms with Crippen LogP contribution in [0.1, 0.15) is 28.3 Å². The van der Waals surface area contributed by atoms with Gasteiger partial charge in [0.15, 0.2) is 0 Å². The van der Waals surface area contributed by atoms with E-state index in [1.807, 2.05) is 19.2 Å². The fourth-order valence-corrected chi connectivity index (χ4v) is 2.74. The summed E-state index contributed by atoms with van der Waals surface area (Å²) in [5.74, 6) is 0.941. The number of ether oxygens (including phenoxy) is 1. The largest absolute Gasteiger partial charge is 0.496 e. The van der Waals surface area contributed by atoms with Crippen LogP contribution < -0.4 is 10.1 Å². The van der Waals surface area contributed by atoms with Gasteiger partial charge in [0.05, 0.1) is 7.11 Å². The van der Waals surface area contributed by atoms with E-state index < -0.39 is 0 Å². The molecular formula is C18H23NO. The molecule has 106 valence electrons. The van der Waals surface area contributed by atoms with Crippen LogP contribution in [-0.2, 0) is 6.42 Å². The van der Waals surface area contributed by atoms with Crippen LogP contribution in [0, 0.1) is 13.8 Å². The Morgan fingerprint density at radius 2 is 1.70 bits per heavy atom. The van der Waals surface area contributed by atoms with Crippen LogP contribution in [0.4, 0.5) is 0 Å². The summed E-state index contributed by atoms with van der Waals surface area (Å²) < 4.78 is 5.47. The summed E-state index contributed by atoms with van der Waals surface area (Å²) in [4.78, 5) is 0. The highest BCUT2D eigenvalue weighted by atomic mass is 16.5. The molecule has 0 aliphatic heterocycles. The molecule has 20 heavy (non-hydrogen) atoms. The molecule has 0 heterocycles. The molecule has 1 atom stereocenters. The SMILES string of the molecule is CNC(Cc1cc(C)cc(C)c1)c1ccccc1OC. The summed E-state index contributed by atoms with van der Waals surface area (Å²) in [7, 11) is 3.72. The van der Waals surface area contributed by atoms with Crippen LogP contribution >= 0.6 is 0 Å². The van der Waals surface area contributed by atoms with E-state index in [1.165, 1.54) is 22.3 Å². The molecule has 0 saturated heterocycles. The second-order valence-electron chi connectivity index (χ2n) is 5.28. The first kappa shape index (κ1) is 14.6. The van der Waals surface area contributed by atoms with Crippen molar-refractivity contribution in [3.63, 3.8) is 0 Å². The van der Waals surface area contributed by atoms with Crippen molar-refractivity contribution < 1.29 is 4.74 Å². The topological polar surface area (TPSA) is 21.3 Å². The Bertz CT molecular complexity index is 557. The van der Waals surface area contributed by atoms with E-state index in [2.05, 4.69) is 49.5 Å². The number of hydrogen-bond acceptors (Lipinski definition) is 2. The summed E-state index contributed by atoms with van der Waals surface area (Å²) in [5.41, 5.74) is 5.19. The predicted molar refractivity (Wildman–Crippen MR) is 84.4 cm³/mol. The van der Waals surface area contributed by atoms with Crippen molar-refractivity contribution in [2.75, 3.05) is 14.2 Å². The van der Waals surface area contributed by atoms with Crippen molar-refractivity contribution in [3.8, 4) is 5.75 Å². The molecule has 0 aromatic heterocycles. The van der Waals surface area contributed by atoms with Gasteiger partial charge in [0.1, 0.15) is 5.75 Å². The number of hydrogen-bond donors (Lipinski definition) is 1. The van der Waals surface area contributed by atoms with Gasteiger partial charge in [-0.15, -0.1) is 0 Å². The van der Waals surface area contributed by atoms with Crippen molar-refractivity contribution in [2.24, 2.45) is 0 Å². The van der Waals surface area contributed by atoms with Crippen LogP contribution in [0.2, 0.25) is 0 Å². The lowest BCUT2D eigenvalue weighted by atomic mass is 9.96. The fourth-order valence-electron chi connectivity index (χ4n) is 2.74. The van der Waals surface area contributed by atoms with E-state index in [-0.39, 0.29) is 6.04 Å². The highest BCUT2D eigenvalue weighted by Gasteiger charge is 2.14. The molecule has 2 aromatic rings. The molecule has 0 spiro atoms. The summed E-state index contributed by atoms with van der Waals surface area (Å²) in [6.45, 7) is 4.29. The summed E-state index contributed by atoms with van der Waals surface area (Å²) >= 11 is 0. The van der Waals surface area contributed by atoms with Gasteiger partial charge in [-0.05, 0) is 38.9 Å². The van der Waals surface area contributed by atoms with Gasteiger partial charge in [-0.3, -0.25) is 0 Å². The third-order valence-corrected chi connectivity index (χ3v) is 3.58. The standard InChI is InChI=1S/C18H23NO/c1-13-9-14(2)11-15(10-13)12-17(19-3)16-7-5-6-8-18(16)20-4/h5-11,17,19H,12H2,1-4H3. The molecule has 2 aromatic carbocycles. The minimum atomic E-state index is 0.257. The average molecular weight is 269 g/mol. The maximum atomic E-state index is 5.47. The third kappa shape index (κ3) is 3.40. The Kier molecular flexibility index (Phi) is 4.80. The number of benzene rings is 2. The van der Waals surface area contributed by atoms with Crippen molar-refractivity contribution in [1.29, 1.82) is 0 Å². The minimum Gasteiger partial charge on any atom is -0.496 e. The Labute approximate surface area is 121 Å². The van der Waals surface area contributed by atoms with Gasteiger partial charge in [-0.25, -0.2) is 0 Å². The number of para-hydroxylation sites is 1. The number of aryl methyl sites for hydroxylation is 2. The molecule has 0 amide bonds. The Balaban J connectivity index is 2.28. The maximum Gasteiger partial charge on any atom is 0.123 e. The smallest absolute Gasteiger partial charge is 0.123 e. The quantitative estimate of drug-likeness (QED) is 0.891. The van der Waals surface area contributed by atoms with E-state index in [0.29, 0.717) is 0 Å². The zero-order chi connectivity index (χ0) is 14.5. The summed E-state index contributed by atoms with van der Waals surface area (Å²) in [6, 6.07) is 15.2. The van der Waals surface area contributed by atoms with E-state index in [4.69, 9.17) is 4.74 Å². The number of rotatable bonds is 5. The molecule has 0 saturated carbocycles. The third-order valence-electron chi connectivity index (χ3n) is 3.58. The van der Waals surface area contributed by atoms with Crippen molar-refractivity contribution in [1.82, 2.24) is 5.32 Å². The molecule has 2 nitrogen and oxygen atoms in total. The lowest BCUT2D eigenvalue weighted by molar-refractivity contribution is 0.401. The number of methoxy groups -OCH3 is 1. The van der Waals surface area contributed by atoms with E-state index >= 15 is 0 Å². The van der Waals surface area contributed by atoms with Gasteiger partial charge in [-0.2, -0.15) is 0 Å². The van der Waals surface area contributed by atoms with Gasteiger partial charge in [0, 0.05) is 11.6 Å². The Hall–Kier alpha value is -1.80. The second-order valence-corrected chi connectivity index (χ2v) is 5.28. The van der Waals surface area contributed by atoms with Crippen molar-refractivity contribution >= 4 is 0 Å². The molecule has 1 N–H and O–H groups in total. The second kappa shape index (κ2) is 6.58. The zero-order valence-electron chi connectivity index (χ0n) is 12.7. The van der Waals surface area contributed by atoms with Gasteiger partial charge in [0.2, 0.25) is 0 Å². The molecule has 0 bridgehead atoms. The summed E-state index contributed by atoms with van der Waals surface area (Å²) in [5, 5.41) is 3.40. The molecule has 0 radical (unpaired) electrons. The fraction of sp³-hybridized carbons (Fsp3) is 0.333. The van der Waals surface area contributed by atoms with Gasteiger partial charge in [-0.1, -0.05) is 47.5 Å². The number of nitrogens with one attached hydrogen (secondary N) is 1. The van der Waals surface area contributed by atoms with Crippen LogP contribution in [0.5, 0.6) is 5.75 Å². The van der Waals surface area contributed by atoms with E-state index in [0.717, 1.165) is 12.2 Å². The molecular weight excluding hydrogens is 246 g/mol. The van der Waals surface area contributed by atoms with Crippen molar-refractivity contribution in [3.05, 3.63) is 64.7 Å². The lowest BCUT2D eigenvalue weighted by Crippen LogP contribution is -2.19. The first-order valence-electron chi connectivity index (χ1n) is 7.01. The van der Waals surface area contributed by atoms with Crippen LogP contribution in [0.3, 0.4) is 0 Å². The zero-order valence-corrected chi connectivity index (χ0v) is 12.7. The molecule has 2 rings (SSSR count). The minimum absolute atomic E-state index is 0.257. The first-order chi connectivity index (χ1) is 9.63. The van der Waals surface area contributed by atoms with Crippen LogP contribution in [0.25, 0.3) is 0 Å². The monoisotopic (exact) mass is 269 g/mol. The Morgan fingerprint density at radius 3 is 2.30 bits per heavy atom. The highest BCUT2D eigenvalue weighted by Crippen LogP contribution is 2.27. The molecule has 1 unspecified atom stereocenters. The maximum absolute atomic E-state index is 5.47. The molecule has 0 fully saturated rings. The average Bonchev–Trinajstić information content (AvgIpc) is 2.43. The summed E-state index contributed by atoms with van der Waals surface area (Å²) in [6.07, 6.45) is 0.958. The van der Waals surface area contributed by atoms with Gasteiger partial charge in [0.25, 0.3) is 0 Å². The Morgan fingerprint density at radius 1 is 1.05 bits per heavy atom. The first-order valence-corrected chi connectivity index (χ1v) is 7.01. The lowest BCUT2D eigenvalue weighted by Gasteiger charge is -2.20. The van der Waals surface area contributed by atoms with Gasteiger partial charge < -0.3 is 10.1 Å². The van der Waals surface area contributed by atoms with Crippen LogP contribution in [-0.4, -0.2) is 14.2 Å².